The van der Waals surface area contributed by atoms with Gasteiger partial charge >= 0.3 is 0 Å². The molecule has 0 heteroatoms. The van der Waals surface area contributed by atoms with E-state index in [0.717, 1.165) is 0 Å². The lowest BCUT2D eigenvalue weighted by molar-refractivity contribution is 1.80. The minimum Gasteiger partial charge on any atom is -0.0616 e. The van der Waals surface area contributed by atoms with Gasteiger partial charge < -0.3 is 0 Å². The Balaban J connectivity index is 1.78. The summed E-state index contributed by atoms with van der Waals surface area (Å²) >= 11 is 0. The molecule has 0 heterocycles. The van der Waals surface area contributed by atoms with Crippen LogP contribution in [0.2, 0.25) is 0 Å². The molecule has 10 rings (SSSR count). The molecule has 0 nitrogen and oxygen atoms in total. The normalized spacial score (nSPS) is 13.3. The van der Waals surface area contributed by atoms with Gasteiger partial charge in [0.1, 0.15) is 0 Å². The Morgan fingerprint density at radius 2 is 0.647 bits per heavy atom. The summed E-state index contributed by atoms with van der Waals surface area (Å²) in [7, 11) is 0. The van der Waals surface area contributed by atoms with Crippen molar-refractivity contribution < 1.29 is 0 Å². The van der Waals surface area contributed by atoms with Crippen molar-refractivity contribution in [1.82, 2.24) is 0 Å². The number of hydrogen-bond donors (Lipinski definition) is 0. The van der Waals surface area contributed by atoms with E-state index in [-0.39, 0.29) is 0 Å². The first-order chi connectivity index (χ1) is 16.9. The smallest absolute Gasteiger partial charge is 0.000159 e. The highest BCUT2D eigenvalue weighted by atomic mass is 14.3. The summed E-state index contributed by atoms with van der Waals surface area (Å²) in [4.78, 5) is 0. The van der Waals surface area contributed by atoms with Crippen molar-refractivity contribution in [3.8, 4) is 0 Å². The third kappa shape index (κ3) is 1.57. The number of hydrogen-bond acceptors (Lipinski definition) is 0. The zero-order chi connectivity index (χ0) is 21.7. The molecule has 0 amide bonds. The lowest BCUT2D eigenvalue weighted by Crippen LogP contribution is -1.96. The van der Waals surface area contributed by atoms with Gasteiger partial charge in [0.15, 0.2) is 0 Å². The second kappa shape index (κ2) is 5.05. The van der Waals surface area contributed by atoms with Crippen LogP contribution in [0.5, 0.6) is 0 Å². The first-order valence-electron chi connectivity index (χ1n) is 12.0. The van der Waals surface area contributed by atoms with Crippen LogP contribution in [0.4, 0.5) is 0 Å². The Morgan fingerprint density at radius 3 is 1.12 bits per heavy atom. The highest BCUT2D eigenvalue weighted by molar-refractivity contribution is 6.52. The van der Waals surface area contributed by atoms with Gasteiger partial charge in [-0.05, 0) is 121 Å². The first-order valence-corrected chi connectivity index (χ1v) is 12.0. The van der Waals surface area contributed by atoms with E-state index >= 15 is 0 Å². The summed E-state index contributed by atoms with van der Waals surface area (Å²) in [5.41, 5.74) is 0. The maximum Gasteiger partial charge on any atom is -0.000159 e. The maximum absolute atomic E-state index is 2.45. The van der Waals surface area contributed by atoms with Gasteiger partial charge in [-0.3, -0.25) is 0 Å². The molecule has 0 fully saturated rings. The number of fused-ring (bicyclic) bond motifs is 3. The molecule has 0 spiro atoms. The number of rotatable bonds is 0. The van der Waals surface area contributed by atoms with Crippen LogP contribution in [0.3, 0.4) is 0 Å². The Hall–Kier alpha value is -4.42. The van der Waals surface area contributed by atoms with E-state index in [1.54, 1.807) is 0 Å². The Bertz CT molecular complexity index is 2250. The van der Waals surface area contributed by atoms with E-state index in [9.17, 15) is 0 Å². The molecule has 10 aromatic carbocycles. The van der Waals surface area contributed by atoms with E-state index in [2.05, 4.69) is 97.1 Å². The van der Waals surface area contributed by atoms with Gasteiger partial charge in [-0.25, -0.2) is 0 Å². The molecule has 0 aromatic heterocycles. The van der Waals surface area contributed by atoms with E-state index < -0.39 is 0 Å². The fraction of sp³-hybridized carbons (Fsp3) is 0. The molecule has 0 radical (unpaired) electrons. The molecule has 0 aliphatic heterocycles. The van der Waals surface area contributed by atoms with Crippen LogP contribution in [0.1, 0.15) is 0 Å². The first kappa shape index (κ1) is 16.2. The topological polar surface area (TPSA) is 0 Å². The molecule has 0 bridgehead atoms. The standard InChI is InChI=1S/C34H16/c1-2-10-24-23(9-1)25-15-19-7-3-5-17-13-21-11-12-22-14-18-6-4-8-20-16-26(24)32-31(25)33(27(17)19)29(21)30(22)34(32)28(18)20/h1-16H. The molecule has 152 valence electrons. The van der Waals surface area contributed by atoms with Crippen molar-refractivity contribution in [1.29, 1.82) is 0 Å². The molecule has 0 aliphatic carbocycles. The predicted molar refractivity (Wildman–Crippen MR) is 149 cm³/mol. The third-order valence-electron chi connectivity index (χ3n) is 8.55. The molecule has 34 heavy (non-hydrogen) atoms. The molecule has 0 saturated carbocycles. The van der Waals surface area contributed by atoms with Crippen LogP contribution in [-0.2, 0) is 0 Å². The Morgan fingerprint density at radius 1 is 0.235 bits per heavy atom. The second-order valence-corrected chi connectivity index (χ2v) is 10.1. The average Bonchev–Trinajstić information content (AvgIpc) is 2.88. The summed E-state index contributed by atoms with van der Waals surface area (Å²) in [5.74, 6) is 0. The summed E-state index contributed by atoms with van der Waals surface area (Å²) in [6, 6.07) is 37.0. The van der Waals surface area contributed by atoms with Gasteiger partial charge in [-0.15, -0.1) is 0 Å². The van der Waals surface area contributed by atoms with Gasteiger partial charge in [0.25, 0.3) is 0 Å². The van der Waals surface area contributed by atoms with Crippen LogP contribution < -0.4 is 0 Å². The molecule has 0 saturated heterocycles. The summed E-state index contributed by atoms with van der Waals surface area (Å²) in [6.45, 7) is 0. The van der Waals surface area contributed by atoms with E-state index in [1.807, 2.05) is 0 Å². The van der Waals surface area contributed by atoms with Crippen molar-refractivity contribution >= 4 is 97.0 Å². The molecular formula is C34H16. The van der Waals surface area contributed by atoms with Crippen molar-refractivity contribution in [3.63, 3.8) is 0 Å². The SMILES string of the molecule is c1cc2cc3ccc4cc5cccc6cc7c8ccccc8c8cc(c1)c2c1c3c4c(c56)c7c81. The molecule has 0 atom stereocenters. The van der Waals surface area contributed by atoms with E-state index in [4.69, 9.17) is 0 Å². The summed E-state index contributed by atoms with van der Waals surface area (Å²) in [5, 5.41) is 25.0. The molecule has 0 N–H and O–H groups in total. The largest absolute Gasteiger partial charge is 0.0616 e. The zero-order valence-corrected chi connectivity index (χ0v) is 18.2. The van der Waals surface area contributed by atoms with Gasteiger partial charge in [0.05, 0.1) is 0 Å². The van der Waals surface area contributed by atoms with Crippen LogP contribution in [0.25, 0.3) is 97.0 Å². The van der Waals surface area contributed by atoms with Crippen molar-refractivity contribution in [2.75, 3.05) is 0 Å². The van der Waals surface area contributed by atoms with Gasteiger partial charge in [-0.1, -0.05) is 72.8 Å². The quantitative estimate of drug-likeness (QED) is 0.168. The summed E-state index contributed by atoms with van der Waals surface area (Å²) < 4.78 is 0. The van der Waals surface area contributed by atoms with E-state index in [0.29, 0.717) is 0 Å². The zero-order valence-electron chi connectivity index (χ0n) is 18.2. The van der Waals surface area contributed by atoms with Gasteiger partial charge in [-0.2, -0.15) is 0 Å². The predicted octanol–water partition coefficient (Wildman–Crippen LogP) is 9.82. The second-order valence-electron chi connectivity index (χ2n) is 10.1. The highest BCUT2D eigenvalue weighted by Gasteiger charge is 2.25. The van der Waals surface area contributed by atoms with E-state index in [1.165, 1.54) is 97.0 Å². The molecule has 0 aliphatic rings. The van der Waals surface area contributed by atoms with Gasteiger partial charge in [0.2, 0.25) is 0 Å². The van der Waals surface area contributed by atoms with Crippen LogP contribution >= 0.6 is 0 Å². The minimum absolute atomic E-state index is 1.34. The molecule has 0 unspecified atom stereocenters. The fourth-order valence-electron chi connectivity index (χ4n) is 7.36. The van der Waals surface area contributed by atoms with Crippen LogP contribution in [0.15, 0.2) is 97.1 Å². The van der Waals surface area contributed by atoms with Gasteiger partial charge in [0, 0.05) is 0 Å². The van der Waals surface area contributed by atoms with Crippen molar-refractivity contribution in [3.05, 3.63) is 97.1 Å². The number of benzene rings is 10. The summed E-state index contributed by atoms with van der Waals surface area (Å²) in [6.07, 6.45) is 0. The Kier molecular flexibility index (Phi) is 2.41. The monoisotopic (exact) mass is 424 g/mol. The van der Waals surface area contributed by atoms with Crippen LogP contribution in [-0.4, -0.2) is 0 Å². The molecular weight excluding hydrogens is 408 g/mol. The van der Waals surface area contributed by atoms with Crippen molar-refractivity contribution in [2.45, 2.75) is 0 Å². The third-order valence-corrected chi connectivity index (χ3v) is 8.55. The van der Waals surface area contributed by atoms with Crippen LogP contribution in [0, 0.1) is 0 Å². The minimum atomic E-state index is 1.34. The average molecular weight is 425 g/mol. The lowest BCUT2D eigenvalue weighted by Gasteiger charge is -2.24. The maximum atomic E-state index is 2.45. The van der Waals surface area contributed by atoms with Crippen molar-refractivity contribution in [2.24, 2.45) is 0 Å². The molecule has 10 aromatic rings. The lowest BCUT2D eigenvalue weighted by atomic mass is 9.78. The fourth-order valence-corrected chi connectivity index (χ4v) is 7.36. The highest BCUT2D eigenvalue weighted by Crippen LogP contribution is 2.53. The Labute approximate surface area is 193 Å².